The van der Waals surface area contributed by atoms with Gasteiger partial charge < -0.3 is 14.2 Å². The molecule has 396 valence electrons. The minimum Gasteiger partial charge on any atom is -0.462 e. The molecule has 0 aromatic rings. The SMILES string of the molecule is CC/C=C\C/C=C\C/C=C\CCCCCCCC(=O)OCC(COC(=O)CCCCCCCCCCCCCCCCCCCCC)OC(=O)CCCCCCC/C=C\CCCCCCCCC. The van der Waals surface area contributed by atoms with Crippen molar-refractivity contribution in [2.75, 3.05) is 13.2 Å². The lowest BCUT2D eigenvalue weighted by Gasteiger charge is -2.18. The van der Waals surface area contributed by atoms with Crippen molar-refractivity contribution in [2.24, 2.45) is 0 Å². The third kappa shape index (κ3) is 54.3. The lowest BCUT2D eigenvalue weighted by atomic mass is 10.0. The maximum absolute atomic E-state index is 12.9. The summed E-state index contributed by atoms with van der Waals surface area (Å²) in [6.45, 7) is 6.55. The Balaban J connectivity index is 4.36. The highest BCUT2D eigenvalue weighted by Crippen LogP contribution is 2.17. The van der Waals surface area contributed by atoms with Crippen LogP contribution in [0.15, 0.2) is 48.6 Å². The third-order valence-electron chi connectivity index (χ3n) is 13.1. The molecule has 6 heteroatoms. The molecule has 0 aliphatic heterocycles. The Labute approximate surface area is 422 Å². The Morgan fingerprint density at radius 2 is 0.574 bits per heavy atom. The van der Waals surface area contributed by atoms with Gasteiger partial charge in [-0.2, -0.15) is 0 Å². The highest BCUT2D eigenvalue weighted by molar-refractivity contribution is 5.71. The summed E-state index contributed by atoms with van der Waals surface area (Å²) < 4.78 is 16.9. The quantitative estimate of drug-likeness (QED) is 0.0262. The van der Waals surface area contributed by atoms with Crippen LogP contribution in [0.3, 0.4) is 0 Å². The molecule has 0 saturated carbocycles. The van der Waals surface area contributed by atoms with Gasteiger partial charge in [0.25, 0.3) is 0 Å². The van der Waals surface area contributed by atoms with Crippen molar-refractivity contribution >= 4 is 17.9 Å². The summed E-state index contributed by atoms with van der Waals surface area (Å²) in [6.07, 6.45) is 69.6. The second-order valence-electron chi connectivity index (χ2n) is 19.9. The summed E-state index contributed by atoms with van der Waals surface area (Å²) in [4.78, 5) is 38.2. The summed E-state index contributed by atoms with van der Waals surface area (Å²) in [5.74, 6) is -0.889. The summed E-state index contributed by atoms with van der Waals surface area (Å²) in [5, 5.41) is 0. The molecule has 1 unspecified atom stereocenters. The molecule has 68 heavy (non-hydrogen) atoms. The van der Waals surface area contributed by atoms with Gasteiger partial charge >= 0.3 is 17.9 Å². The Hall–Kier alpha value is -2.63. The van der Waals surface area contributed by atoms with E-state index in [1.54, 1.807) is 0 Å². The first kappa shape index (κ1) is 65.4. The minimum atomic E-state index is -0.783. The number of hydrogen-bond acceptors (Lipinski definition) is 6. The van der Waals surface area contributed by atoms with E-state index < -0.39 is 6.10 Å². The predicted molar refractivity (Wildman–Crippen MR) is 293 cm³/mol. The topological polar surface area (TPSA) is 78.9 Å². The van der Waals surface area contributed by atoms with E-state index in [1.165, 1.54) is 161 Å². The smallest absolute Gasteiger partial charge is 0.306 e. The first-order chi connectivity index (χ1) is 33.5. The van der Waals surface area contributed by atoms with E-state index >= 15 is 0 Å². The average Bonchev–Trinajstić information content (AvgIpc) is 3.34. The monoisotopic (exact) mass is 953 g/mol. The van der Waals surface area contributed by atoms with E-state index in [2.05, 4.69) is 69.4 Å². The van der Waals surface area contributed by atoms with Gasteiger partial charge in [0.05, 0.1) is 0 Å². The lowest BCUT2D eigenvalue weighted by molar-refractivity contribution is -0.167. The van der Waals surface area contributed by atoms with Crippen molar-refractivity contribution in [3.05, 3.63) is 48.6 Å². The van der Waals surface area contributed by atoms with Crippen LogP contribution in [0.5, 0.6) is 0 Å². The molecule has 0 bridgehead atoms. The van der Waals surface area contributed by atoms with Gasteiger partial charge in [0.2, 0.25) is 0 Å². The first-order valence-electron chi connectivity index (χ1n) is 29.6. The van der Waals surface area contributed by atoms with Gasteiger partial charge in [-0.1, -0.05) is 262 Å². The van der Waals surface area contributed by atoms with Crippen molar-refractivity contribution in [3.63, 3.8) is 0 Å². The Morgan fingerprint density at radius 3 is 0.912 bits per heavy atom. The number of allylic oxidation sites excluding steroid dienone is 8. The summed E-state index contributed by atoms with van der Waals surface area (Å²) in [5.41, 5.74) is 0. The normalized spacial score (nSPS) is 12.3. The molecular weight excluding hydrogens is 841 g/mol. The molecule has 0 amide bonds. The van der Waals surface area contributed by atoms with Crippen LogP contribution in [0, 0.1) is 0 Å². The highest BCUT2D eigenvalue weighted by atomic mass is 16.6. The van der Waals surface area contributed by atoms with Gasteiger partial charge in [0.1, 0.15) is 13.2 Å². The summed E-state index contributed by atoms with van der Waals surface area (Å²) >= 11 is 0. The Kier molecular flexibility index (Phi) is 54.8. The first-order valence-corrected chi connectivity index (χ1v) is 29.6. The van der Waals surface area contributed by atoms with Crippen LogP contribution in [0.2, 0.25) is 0 Å². The standard InChI is InChI=1S/C62H112O6/c1-4-7-10-13-16-19-22-25-28-30-31-32-35-37-40-43-46-49-52-55-61(64)67-58-59(57-66-60(63)54-51-48-45-42-39-36-33-27-24-21-18-15-12-9-6-3)68-62(65)56-53-50-47-44-41-38-34-29-26-23-20-17-14-11-8-5-2/h9,12,18,21,27,29,33-34,59H,4-8,10-11,13-17,19-20,22-26,28,30-32,35-58H2,1-3H3/b12-9-,21-18-,33-27-,34-29-. The summed E-state index contributed by atoms with van der Waals surface area (Å²) in [6, 6.07) is 0. The molecule has 0 fully saturated rings. The number of carbonyl (C=O) groups excluding carboxylic acids is 3. The molecule has 0 rings (SSSR count). The van der Waals surface area contributed by atoms with E-state index in [-0.39, 0.29) is 31.1 Å². The zero-order chi connectivity index (χ0) is 49.3. The van der Waals surface area contributed by atoms with Gasteiger partial charge in [-0.05, 0) is 77.0 Å². The minimum absolute atomic E-state index is 0.0789. The number of rotatable bonds is 54. The molecule has 0 heterocycles. The molecule has 0 spiro atoms. The van der Waals surface area contributed by atoms with Crippen molar-refractivity contribution in [3.8, 4) is 0 Å². The van der Waals surface area contributed by atoms with E-state index in [1.807, 2.05) is 0 Å². The number of hydrogen-bond donors (Lipinski definition) is 0. The van der Waals surface area contributed by atoms with Crippen LogP contribution in [0.25, 0.3) is 0 Å². The van der Waals surface area contributed by atoms with Crippen LogP contribution >= 0.6 is 0 Å². The lowest BCUT2D eigenvalue weighted by Crippen LogP contribution is -2.30. The van der Waals surface area contributed by atoms with Gasteiger partial charge in [-0.15, -0.1) is 0 Å². The van der Waals surface area contributed by atoms with Crippen LogP contribution in [0.4, 0.5) is 0 Å². The van der Waals surface area contributed by atoms with Gasteiger partial charge in [-0.25, -0.2) is 0 Å². The molecule has 0 saturated heterocycles. The predicted octanol–water partition coefficient (Wildman–Crippen LogP) is 19.8. The fourth-order valence-corrected chi connectivity index (χ4v) is 8.63. The number of esters is 3. The second kappa shape index (κ2) is 57.0. The third-order valence-corrected chi connectivity index (χ3v) is 13.1. The van der Waals surface area contributed by atoms with Gasteiger partial charge in [0.15, 0.2) is 6.10 Å². The van der Waals surface area contributed by atoms with E-state index in [9.17, 15) is 14.4 Å². The van der Waals surface area contributed by atoms with Gasteiger partial charge in [-0.3, -0.25) is 14.4 Å². The molecule has 0 radical (unpaired) electrons. The van der Waals surface area contributed by atoms with Gasteiger partial charge in [0, 0.05) is 19.3 Å². The maximum atomic E-state index is 12.9. The van der Waals surface area contributed by atoms with E-state index in [0.29, 0.717) is 19.3 Å². The molecule has 6 nitrogen and oxygen atoms in total. The largest absolute Gasteiger partial charge is 0.462 e. The van der Waals surface area contributed by atoms with E-state index in [0.717, 1.165) is 109 Å². The molecule has 0 N–H and O–H groups in total. The van der Waals surface area contributed by atoms with Crippen LogP contribution < -0.4 is 0 Å². The Bertz CT molecular complexity index is 1190. The molecule has 0 aromatic heterocycles. The summed E-state index contributed by atoms with van der Waals surface area (Å²) in [7, 11) is 0. The Morgan fingerprint density at radius 1 is 0.309 bits per heavy atom. The van der Waals surface area contributed by atoms with Crippen molar-refractivity contribution < 1.29 is 28.6 Å². The molecule has 0 aliphatic rings. The van der Waals surface area contributed by atoms with E-state index in [4.69, 9.17) is 14.2 Å². The fourth-order valence-electron chi connectivity index (χ4n) is 8.63. The number of ether oxygens (including phenoxy) is 3. The number of unbranched alkanes of at least 4 members (excludes halogenated alkanes) is 35. The highest BCUT2D eigenvalue weighted by Gasteiger charge is 2.19. The number of carbonyl (C=O) groups is 3. The fraction of sp³-hybridized carbons (Fsp3) is 0.823. The molecule has 0 aromatic carbocycles. The van der Waals surface area contributed by atoms with Crippen molar-refractivity contribution in [2.45, 2.75) is 316 Å². The molecule has 0 aliphatic carbocycles. The van der Waals surface area contributed by atoms with Crippen LogP contribution in [-0.4, -0.2) is 37.2 Å². The zero-order valence-electron chi connectivity index (χ0n) is 45.4. The van der Waals surface area contributed by atoms with Crippen molar-refractivity contribution in [1.29, 1.82) is 0 Å². The maximum Gasteiger partial charge on any atom is 0.306 e. The van der Waals surface area contributed by atoms with Crippen molar-refractivity contribution in [1.82, 2.24) is 0 Å². The second-order valence-corrected chi connectivity index (χ2v) is 19.9. The van der Waals surface area contributed by atoms with Crippen LogP contribution in [0.1, 0.15) is 310 Å². The molecule has 1 atom stereocenters. The van der Waals surface area contributed by atoms with Crippen LogP contribution in [-0.2, 0) is 28.6 Å². The molecular formula is C62H112O6. The average molecular weight is 954 g/mol. The zero-order valence-corrected chi connectivity index (χ0v) is 45.4.